The molecule has 6 heteroatoms. The van der Waals surface area contributed by atoms with Gasteiger partial charge in [-0.05, 0) is 61.5 Å². The van der Waals surface area contributed by atoms with Crippen LogP contribution in [-0.4, -0.2) is 61.0 Å². The van der Waals surface area contributed by atoms with Crippen molar-refractivity contribution in [3.8, 4) is 17.0 Å². The van der Waals surface area contributed by atoms with Crippen molar-refractivity contribution in [1.29, 1.82) is 0 Å². The molecule has 0 bridgehead atoms. The van der Waals surface area contributed by atoms with E-state index in [1.807, 2.05) is 36.1 Å². The van der Waals surface area contributed by atoms with Crippen molar-refractivity contribution in [2.75, 3.05) is 40.3 Å². The molecule has 0 unspecified atom stereocenters. The van der Waals surface area contributed by atoms with Gasteiger partial charge in [-0.15, -0.1) is 0 Å². The second kappa shape index (κ2) is 8.40. The zero-order chi connectivity index (χ0) is 21.3. The zero-order valence-electron chi connectivity index (χ0n) is 17.6. The number of carbonyl (C=O) groups excluding carboxylic acids is 1. The highest BCUT2D eigenvalue weighted by molar-refractivity contribution is 5.88. The number of likely N-dealkylation sites (N-methyl/N-ethyl adjacent to an activating group) is 1. The number of halogens is 1. The summed E-state index contributed by atoms with van der Waals surface area (Å²) in [7, 11) is 3.64. The molecule has 1 amide bonds. The molecule has 0 saturated carbocycles. The molecule has 4 rings (SSSR count). The molecule has 2 heterocycles. The Hall–Kier alpha value is -2.99. The Balaban J connectivity index is 1.62. The van der Waals surface area contributed by atoms with Crippen molar-refractivity contribution >= 4 is 16.8 Å². The number of methoxy groups -OCH3 is 1. The average Bonchev–Trinajstić information content (AvgIpc) is 2.74. The van der Waals surface area contributed by atoms with Crippen molar-refractivity contribution in [2.45, 2.75) is 13.3 Å². The molecule has 1 saturated heterocycles. The van der Waals surface area contributed by atoms with Gasteiger partial charge in [0.1, 0.15) is 11.6 Å². The molecule has 0 radical (unpaired) electrons. The minimum Gasteiger partial charge on any atom is -0.496 e. The molecule has 0 atom stereocenters. The van der Waals surface area contributed by atoms with E-state index in [1.165, 1.54) is 12.1 Å². The fraction of sp³-hybridized carbons (Fsp3) is 0.333. The lowest BCUT2D eigenvalue weighted by Gasteiger charge is -2.32. The molecular formula is C24H26FN3O2. The van der Waals surface area contributed by atoms with Crippen molar-refractivity contribution in [3.05, 3.63) is 59.4 Å². The summed E-state index contributed by atoms with van der Waals surface area (Å²) in [6.07, 6.45) is 0.387. The number of carbonyl (C=O) groups is 1. The van der Waals surface area contributed by atoms with Crippen LogP contribution < -0.4 is 4.74 Å². The van der Waals surface area contributed by atoms with Crippen LogP contribution in [0, 0.1) is 12.7 Å². The van der Waals surface area contributed by atoms with Crippen LogP contribution in [0.1, 0.15) is 11.1 Å². The van der Waals surface area contributed by atoms with E-state index in [2.05, 4.69) is 11.9 Å². The highest BCUT2D eigenvalue weighted by atomic mass is 19.1. The molecule has 2 aromatic carbocycles. The summed E-state index contributed by atoms with van der Waals surface area (Å²) in [5.41, 5.74) is 4.10. The fourth-order valence-corrected chi connectivity index (χ4v) is 3.91. The number of hydrogen-bond acceptors (Lipinski definition) is 4. The quantitative estimate of drug-likeness (QED) is 0.662. The number of pyridine rings is 1. The SMILES string of the molecule is COc1ccc(F)cc1-c1cc(C)c2cc(CC(=O)N3CCN(C)CC3)ccc2n1. The average molecular weight is 407 g/mol. The number of nitrogens with zero attached hydrogens (tertiary/aromatic N) is 3. The molecule has 1 fully saturated rings. The van der Waals surface area contributed by atoms with Crippen molar-refractivity contribution in [2.24, 2.45) is 0 Å². The van der Waals surface area contributed by atoms with Gasteiger partial charge < -0.3 is 14.5 Å². The molecule has 0 N–H and O–H groups in total. The predicted octanol–water partition coefficient (Wildman–Crippen LogP) is 3.67. The van der Waals surface area contributed by atoms with Gasteiger partial charge in [-0.2, -0.15) is 0 Å². The highest BCUT2D eigenvalue weighted by Gasteiger charge is 2.19. The first-order valence-electron chi connectivity index (χ1n) is 10.1. The van der Waals surface area contributed by atoms with Crippen LogP contribution in [0.3, 0.4) is 0 Å². The monoisotopic (exact) mass is 407 g/mol. The van der Waals surface area contributed by atoms with E-state index in [1.54, 1.807) is 13.2 Å². The maximum Gasteiger partial charge on any atom is 0.227 e. The number of amides is 1. The molecule has 1 aliphatic rings. The Morgan fingerprint density at radius 2 is 1.87 bits per heavy atom. The van der Waals surface area contributed by atoms with Gasteiger partial charge in [0.25, 0.3) is 0 Å². The van der Waals surface area contributed by atoms with Gasteiger partial charge in [0.15, 0.2) is 0 Å². The molecule has 30 heavy (non-hydrogen) atoms. The van der Waals surface area contributed by atoms with E-state index < -0.39 is 0 Å². The third-order valence-electron chi connectivity index (χ3n) is 5.73. The van der Waals surface area contributed by atoms with Gasteiger partial charge in [0.2, 0.25) is 5.91 Å². The Bertz CT molecular complexity index is 1090. The molecule has 0 spiro atoms. The minimum absolute atomic E-state index is 0.161. The van der Waals surface area contributed by atoms with Crippen LogP contribution in [0.2, 0.25) is 0 Å². The highest BCUT2D eigenvalue weighted by Crippen LogP contribution is 2.32. The standard InChI is InChI=1S/C24H26FN3O2/c1-16-12-22(20-15-18(25)5-7-23(20)30-3)26-21-6-4-17(13-19(16)21)14-24(29)28-10-8-27(2)9-11-28/h4-7,12-13,15H,8-11,14H2,1-3H3. The molecule has 1 aromatic heterocycles. The van der Waals surface area contributed by atoms with Crippen LogP contribution in [0.15, 0.2) is 42.5 Å². The second-order valence-electron chi connectivity index (χ2n) is 7.88. The van der Waals surface area contributed by atoms with Gasteiger partial charge in [-0.25, -0.2) is 9.37 Å². The van der Waals surface area contributed by atoms with Gasteiger partial charge in [0, 0.05) is 37.1 Å². The normalized spacial score (nSPS) is 14.9. The number of rotatable bonds is 4. The van der Waals surface area contributed by atoms with Gasteiger partial charge in [-0.3, -0.25) is 4.79 Å². The smallest absolute Gasteiger partial charge is 0.227 e. The Kier molecular flexibility index (Phi) is 5.68. The summed E-state index contributed by atoms with van der Waals surface area (Å²) < 4.78 is 19.2. The summed E-state index contributed by atoms with van der Waals surface area (Å²) in [6, 6.07) is 12.3. The van der Waals surface area contributed by atoms with Crippen LogP contribution in [0.5, 0.6) is 5.75 Å². The molecule has 156 valence electrons. The summed E-state index contributed by atoms with van der Waals surface area (Å²) in [5.74, 6) is 0.411. The van der Waals surface area contributed by atoms with Crippen molar-refractivity contribution < 1.29 is 13.9 Å². The first-order chi connectivity index (χ1) is 14.4. The number of hydrogen-bond donors (Lipinski definition) is 0. The van der Waals surface area contributed by atoms with Crippen LogP contribution in [0.4, 0.5) is 4.39 Å². The minimum atomic E-state index is -0.330. The lowest BCUT2D eigenvalue weighted by molar-refractivity contribution is -0.132. The number of aryl methyl sites for hydroxylation is 1. The number of ether oxygens (including phenoxy) is 1. The van der Waals surface area contributed by atoms with E-state index in [4.69, 9.17) is 9.72 Å². The zero-order valence-corrected chi connectivity index (χ0v) is 17.6. The summed E-state index contributed by atoms with van der Waals surface area (Å²) in [5, 5.41) is 0.998. The largest absolute Gasteiger partial charge is 0.496 e. The Morgan fingerprint density at radius 1 is 1.10 bits per heavy atom. The number of fused-ring (bicyclic) bond motifs is 1. The molecule has 1 aliphatic heterocycles. The van der Waals surface area contributed by atoms with Crippen LogP contribution >= 0.6 is 0 Å². The molecule has 3 aromatic rings. The first kappa shape index (κ1) is 20.3. The summed E-state index contributed by atoms with van der Waals surface area (Å²) in [4.78, 5) is 21.6. The maximum absolute atomic E-state index is 13.8. The van der Waals surface area contributed by atoms with E-state index in [0.717, 1.165) is 48.2 Å². The van der Waals surface area contributed by atoms with Gasteiger partial charge in [0.05, 0.1) is 24.7 Å². The number of aromatic nitrogens is 1. The van der Waals surface area contributed by atoms with Crippen LogP contribution in [0.25, 0.3) is 22.2 Å². The van der Waals surface area contributed by atoms with E-state index in [-0.39, 0.29) is 11.7 Å². The number of benzene rings is 2. The van der Waals surface area contributed by atoms with Gasteiger partial charge in [-0.1, -0.05) is 6.07 Å². The third kappa shape index (κ3) is 4.14. The van der Waals surface area contributed by atoms with Crippen molar-refractivity contribution in [3.63, 3.8) is 0 Å². The Morgan fingerprint density at radius 3 is 2.60 bits per heavy atom. The van der Waals surface area contributed by atoms with Crippen LogP contribution in [-0.2, 0) is 11.2 Å². The van der Waals surface area contributed by atoms with Crippen molar-refractivity contribution in [1.82, 2.24) is 14.8 Å². The van der Waals surface area contributed by atoms with E-state index in [9.17, 15) is 9.18 Å². The molecule has 0 aliphatic carbocycles. The lowest BCUT2D eigenvalue weighted by Crippen LogP contribution is -2.47. The predicted molar refractivity (Wildman–Crippen MR) is 116 cm³/mol. The van der Waals surface area contributed by atoms with Gasteiger partial charge >= 0.3 is 0 Å². The molecular weight excluding hydrogens is 381 g/mol. The topological polar surface area (TPSA) is 45.7 Å². The maximum atomic E-state index is 13.8. The third-order valence-corrected chi connectivity index (χ3v) is 5.73. The van der Waals surface area contributed by atoms with E-state index >= 15 is 0 Å². The summed E-state index contributed by atoms with van der Waals surface area (Å²) in [6.45, 7) is 5.40. The lowest BCUT2D eigenvalue weighted by atomic mass is 10.0. The number of piperazine rings is 1. The summed E-state index contributed by atoms with van der Waals surface area (Å²) >= 11 is 0. The first-order valence-corrected chi connectivity index (χ1v) is 10.1. The van der Waals surface area contributed by atoms with E-state index in [0.29, 0.717) is 23.4 Å². The molecule has 5 nitrogen and oxygen atoms in total. The Labute approximate surface area is 176 Å². The fourth-order valence-electron chi connectivity index (χ4n) is 3.91. The second-order valence-corrected chi connectivity index (χ2v) is 7.88.